The number of urea groups is 1. The van der Waals surface area contributed by atoms with Crippen molar-refractivity contribution in [2.24, 2.45) is 0 Å². The van der Waals surface area contributed by atoms with Crippen LogP contribution in [0.4, 0.5) is 23.7 Å². The number of alkyl halides is 3. The number of para-hydroxylation sites is 2. The van der Waals surface area contributed by atoms with Gasteiger partial charge in [-0.2, -0.15) is 0 Å². The average molecular weight is 292 g/mol. The standard InChI is InChI=1S/C12H15F3N2O3/c1-2-17(7-8-18)11(19)16-9-5-3-4-6-10(9)20-12(13,14)15/h3-6,18H,2,7-8H2,1H3,(H,16,19). The van der Waals surface area contributed by atoms with Crippen molar-refractivity contribution in [2.75, 3.05) is 25.0 Å². The Morgan fingerprint density at radius 1 is 1.40 bits per heavy atom. The molecule has 0 saturated carbocycles. The molecule has 0 aliphatic carbocycles. The minimum absolute atomic E-state index is 0.0879. The van der Waals surface area contributed by atoms with Gasteiger partial charge in [0.15, 0.2) is 5.75 Å². The Morgan fingerprint density at radius 3 is 2.60 bits per heavy atom. The van der Waals surface area contributed by atoms with E-state index in [0.717, 1.165) is 6.07 Å². The van der Waals surface area contributed by atoms with E-state index in [1.54, 1.807) is 6.92 Å². The van der Waals surface area contributed by atoms with Crippen molar-refractivity contribution in [3.8, 4) is 5.75 Å². The summed E-state index contributed by atoms with van der Waals surface area (Å²) in [5.74, 6) is -0.492. The van der Waals surface area contributed by atoms with Gasteiger partial charge in [0.05, 0.1) is 12.3 Å². The number of halogens is 3. The van der Waals surface area contributed by atoms with Crippen LogP contribution < -0.4 is 10.1 Å². The maximum Gasteiger partial charge on any atom is 0.573 e. The van der Waals surface area contributed by atoms with Crippen molar-refractivity contribution in [3.05, 3.63) is 24.3 Å². The summed E-state index contributed by atoms with van der Waals surface area (Å²) in [6.07, 6.45) is -4.84. The third kappa shape index (κ3) is 4.96. The molecule has 2 N–H and O–H groups in total. The zero-order chi connectivity index (χ0) is 15.2. The molecule has 1 aromatic rings. The van der Waals surface area contributed by atoms with E-state index < -0.39 is 18.1 Å². The Hall–Kier alpha value is -1.96. The van der Waals surface area contributed by atoms with Crippen LogP contribution >= 0.6 is 0 Å². The van der Waals surface area contributed by atoms with Crippen molar-refractivity contribution < 1.29 is 27.8 Å². The molecule has 2 amide bonds. The maximum absolute atomic E-state index is 12.2. The molecule has 0 fully saturated rings. The van der Waals surface area contributed by atoms with Gasteiger partial charge in [-0.15, -0.1) is 13.2 Å². The van der Waals surface area contributed by atoms with Crippen LogP contribution in [0.1, 0.15) is 6.92 Å². The molecule has 5 nitrogen and oxygen atoms in total. The molecule has 0 aliphatic rings. The summed E-state index contributed by atoms with van der Waals surface area (Å²) in [6.45, 7) is 1.86. The number of nitrogens with zero attached hydrogens (tertiary/aromatic N) is 1. The normalized spacial score (nSPS) is 11.1. The zero-order valence-corrected chi connectivity index (χ0v) is 10.8. The molecule has 20 heavy (non-hydrogen) atoms. The van der Waals surface area contributed by atoms with Crippen LogP contribution in [0, 0.1) is 0 Å². The zero-order valence-electron chi connectivity index (χ0n) is 10.8. The van der Waals surface area contributed by atoms with E-state index in [1.165, 1.54) is 23.1 Å². The largest absolute Gasteiger partial charge is 0.573 e. The van der Waals surface area contributed by atoms with E-state index in [1.807, 2.05) is 0 Å². The number of amides is 2. The fourth-order valence-electron chi connectivity index (χ4n) is 1.50. The Morgan fingerprint density at radius 2 is 2.05 bits per heavy atom. The second kappa shape index (κ2) is 6.99. The van der Waals surface area contributed by atoms with Crippen LogP contribution in [0.25, 0.3) is 0 Å². The van der Waals surface area contributed by atoms with E-state index in [-0.39, 0.29) is 18.8 Å². The predicted molar refractivity (Wildman–Crippen MR) is 66.5 cm³/mol. The molecule has 0 bridgehead atoms. The van der Waals surface area contributed by atoms with Crippen LogP contribution in [-0.2, 0) is 0 Å². The van der Waals surface area contributed by atoms with Crippen LogP contribution in [0.3, 0.4) is 0 Å². The molecule has 112 valence electrons. The number of hydrogen-bond acceptors (Lipinski definition) is 3. The average Bonchev–Trinajstić information content (AvgIpc) is 2.36. The first-order valence-corrected chi connectivity index (χ1v) is 5.89. The van der Waals surface area contributed by atoms with Crippen LogP contribution in [0.15, 0.2) is 24.3 Å². The molecule has 0 heterocycles. The summed E-state index contributed by atoms with van der Waals surface area (Å²) in [7, 11) is 0. The van der Waals surface area contributed by atoms with Crippen LogP contribution in [-0.4, -0.2) is 42.1 Å². The highest BCUT2D eigenvalue weighted by molar-refractivity contribution is 5.90. The van der Waals surface area contributed by atoms with Gasteiger partial charge >= 0.3 is 12.4 Å². The van der Waals surface area contributed by atoms with Gasteiger partial charge in [-0.1, -0.05) is 12.1 Å². The highest BCUT2D eigenvalue weighted by atomic mass is 19.4. The quantitative estimate of drug-likeness (QED) is 0.876. The number of anilines is 1. The Kier molecular flexibility index (Phi) is 5.63. The van der Waals surface area contributed by atoms with E-state index in [9.17, 15) is 18.0 Å². The minimum Gasteiger partial charge on any atom is -0.404 e. The fraction of sp³-hybridized carbons (Fsp3) is 0.417. The lowest BCUT2D eigenvalue weighted by atomic mass is 10.3. The molecule has 0 aliphatic heterocycles. The number of ether oxygens (including phenoxy) is 1. The van der Waals surface area contributed by atoms with Crippen molar-refractivity contribution in [3.63, 3.8) is 0 Å². The first-order valence-electron chi connectivity index (χ1n) is 5.89. The van der Waals surface area contributed by atoms with Gasteiger partial charge in [0, 0.05) is 13.1 Å². The SMILES string of the molecule is CCN(CCO)C(=O)Nc1ccccc1OC(F)(F)F. The smallest absolute Gasteiger partial charge is 0.404 e. The predicted octanol–water partition coefficient (Wildman–Crippen LogP) is 2.43. The summed E-state index contributed by atoms with van der Waals surface area (Å²) >= 11 is 0. The Balaban J connectivity index is 2.84. The number of aliphatic hydroxyl groups excluding tert-OH is 1. The van der Waals surface area contributed by atoms with E-state index >= 15 is 0 Å². The van der Waals surface area contributed by atoms with Crippen molar-refractivity contribution >= 4 is 11.7 Å². The number of benzene rings is 1. The molecule has 8 heteroatoms. The second-order valence-corrected chi connectivity index (χ2v) is 3.78. The molecular weight excluding hydrogens is 277 g/mol. The van der Waals surface area contributed by atoms with Gasteiger partial charge in [0.25, 0.3) is 0 Å². The van der Waals surface area contributed by atoms with E-state index in [2.05, 4.69) is 10.1 Å². The number of carbonyl (C=O) groups is 1. The van der Waals surface area contributed by atoms with Gasteiger partial charge in [-0.3, -0.25) is 0 Å². The molecule has 0 aromatic heterocycles. The Bertz CT molecular complexity index is 452. The topological polar surface area (TPSA) is 61.8 Å². The molecular formula is C12H15F3N2O3. The molecule has 0 atom stereocenters. The third-order valence-electron chi connectivity index (χ3n) is 2.39. The first kappa shape index (κ1) is 16.1. The monoisotopic (exact) mass is 292 g/mol. The summed E-state index contributed by atoms with van der Waals surface area (Å²) in [5.41, 5.74) is -0.0915. The van der Waals surface area contributed by atoms with Gasteiger partial charge in [0.2, 0.25) is 0 Å². The van der Waals surface area contributed by atoms with Crippen molar-refractivity contribution in [2.45, 2.75) is 13.3 Å². The van der Waals surface area contributed by atoms with Crippen molar-refractivity contribution in [1.29, 1.82) is 0 Å². The van der Waals surface area contributed by atoms with Gasteiger partial charge in [-0.05, 0) is 19.1 Å². The van der Waals surface area contributed by atoms with E-state index in [4.69, 9.17) is 5.11 Å². The lowest BCUT2D eigenvalue weighted by Gasteiger charge is -2.21. The summed E-state index contributed by atoms with van der Waals surface area (Å²) in [5, 5.41) is 11.1. The number of rotatable bonds is 5. The maximum atomic E-state index is 12.2. The fourth-order valence-corrected chi connectivity index (χ4v) is 1.50. The molecule has 0 spiro atoms. The number of likely N-dealkylation sites (N-methyl/N-ethyl adjacent to an activating group) is 1. The molecule has 0 saturated heterocycles. The second-order valence-electron chi connectivity index (χ2n) is 3.78. The van der Waals surface area contributed by atoms with Crippen LogP contribution in [0.2, 0.25) is 0 Å². The Labute approximate surface area is 113 Å². The lowest BCUT2D eigenvalue weighted by Crippen LogP contribution is -2.37. The third-order valence-corrected chi connectivity index (χ3v) is 2.39. The van der Waals surface area contributed by atoms with Gasteiger partial charge in [-0.25, -0.2) is 4.79 Å². The summed E-state index contributed by atoms with van der Waals surface area (Å²) in [4.78, 5) is 13.1. The minimum atomic E-state index is -4.84. The van der Waals surface area contributed by atoms with Crippen molar-refractivity contribution in [1.82, 2.24) is 4.90 Å². The molecule has 0 unspecified atom stereocenters. The summed E-state index contributed by atoms with van der Waals surface area (Å²) in [6, 6.07) is 4.63. The van der Waals surface area contributed by atoms with Gasteiger partial charge in [0.1, 0.15) is 0 Å². The van der Waals surface area contributed by atoms with E-state index in [0.29, 0.717) is 6.54 Å². The number of aliphatic hydroxyl groups is 1. The number of nitrogens with one attached hydrogen (secondary N) is 1. The summed E-state index contributed by atoms with van der Waals surface area (Å²) < 4.78 is 40.5. The molecule has 1 rings (SSSR count). The van der Waals surface area contributed by atoms with Crippen LogP contribution in [0.5, 0.6) is 5.75 Å². The highest BCUT2D eigenvalue weighted by Gasteiger charge is 2.32. The highest BCUT2D eigenvalue weighted by Crippen LogP contribution is 2.30. The number of hydrogen-bond donors (Lipinski definition) is 2. The first-order chi connectivity index (χ1) is 9.37. The van der Waals surface area contributed by atoms with Gasteiger partial charge < -0.3 is 20.1 Å². The molecule has 1 aromatic carbocycles. The number of carbonyl (C=O) groups excluding carboxylic acids is 1. The lowest BCUT2D eigenvalue weighted by molar-refractivity contribution is -0.274. The molecule has 0 radical (unpaired) electrons.